The predicted octanol–water partition coefficient (Wildman–Crippen LogP) is 1.82. The summed E-state index contributed by atoms with van der Waals surface area (Å²) in [5.41, 5.74) is 0.719. The van der Waals surface area contributed by atoms with Gasteiger partial charge in [-0.15, -0.1) is 0 Å². The summed E-state index contributed by atoms with van der Waals surface area (Å²) >= 11 is 6.09. The van der Waals surface area contributed by atoms with Crippen LogP contribution in [-0.4, -0.2) is 42.1 Å². The fraction of sp³-hybridized carbons (Fsp3) is 0.429. The van der Waals surface area contributed by atoms with E-state index < -0.39 is 11.9 Å². The average molecular weight is 298 g/mol. The maximum Gasteiger partial charge on any atom is 0.308 e. The zero-order valence-corrected chi connectivity index (χ0v) is 11.9. The molecule has 6 heteroatoms. The van der Waals surface area contributed by atoms with Crippen molar-refractivity contribution in [1.82, 2.24) is 4.90 Å². The zero-order valence-electron chi connectivity index (χ0n) is 11.1. The highest BCUT2D eigenvalue weighted by atomic mass is 35.5. The van der Waals surface area contributed by atoms with Gasteiger partial charge < -0.3 is 14.7 Å². The van der Waals surface area contributed by atoms with E-state index in [1.165, 1.54) is 0 Å². The number of amides is 1. The first-order chi connectivity index (χ1) is 9.51. The Morgan fingerprint density at radius 1 is 1.50 bits per heavy atom. The molecular weight excluding hydrogens is 282 g/mol. The summed E-state index contributed by atoms with van der Waals surface area (Å²) in [6.45, 7) is 0.769. The fourth-order valence-electron chi connectivity index (χ4n) is 2.26. The van der Waals surface area contributed by atoms with Gasteiger partial charge in [-0.05, 0) is 24.1 Å². The van der Waals surface area contributed by atoms with Crippen LogP contribution in [0.15, 0.2) is 18.2 Å². The highest BCUT2D eigenvalue weighted by Gasteiger charge is 2.30. The van der Waals surface area contributed by atoms with Gasteiger partial charge in [0.25, 0.3) is 0 Å². The van der Waals surface area contributed by atoms with Crippen molar-refractivity contribution in [3.05, 3.63) is 28.8 Å². The third-order valence-electron chi connectivity index (χ3n) is 3.49. The van der Waals surface area contributed by atoms with Gasteiger partial charge in [0.15, 0.2) is 0 Å². The Balaban J connectivity index is 2.00. The van der Waals surface area contributed by atoms with Crippen molar-refractivity contribution in [3.63, 3.8) is 0 Å². The number of halogens is 1. The van der Waals surface area contributed by atoms with Gasteiger partial charge in [0, 0.05) is 18.1 Å². The highest BCUT2D eigenvalue weighted by molar-refractivity contribution is 6.31. The maximum atomic E-state index is 12.1. The number of carbonyl (C=O) groups excluding carboxylic acids is 1. The molecule has 1 saturated heterocycles. The van der Waals surface area contributed by atoms with E-state index in [0.717, 1.165) is 5.56 Å². The molecule has 5 nitrogen and oxygen atoms in total. The molecule has 0 unspecified atom stereocenters. The molecule has 1 fully saturated rings. The van der Waals surface area contributed by atoms with Crippen LogP contribution in [0, 0.1) is 5.92 Å². The van der Waals surface area contributed by atoms with E-state index >= 15 is 0 Å². The summed E-state index contributed by atoms with van der Waals surface area (Å²) < 4.78 is 5.05. The molecule has 1 aliphatic heterocycles. The molecule has 0 bridgehead atoms. The van der Waals surface area contributed by atoms with Gasteiger partial charge in [-0.25, -0.2) is 0 Å². The van der Waals surface area contributed by atoms with Crippen LogP contribution in [0.1, 0.15) is 12.0 Å². The van der Waals surface area contributed by atoms with E-state index in [1.54, 1.807) is 30.2 Å². The third kappa shape index (κ3) is 3.22. The van der Waals surface area contributed by atoms with Crippen LogP contribution >= 0.6 is 11.6 Å². The number of carbonyl (C=O) groups is 2. The molecule has 1 atom stereocenters. The fourth-order valence-corrected chi connectivity index (χ4v) is 2.50. The van der Waals surface area contributed by atoms with Gasteiger partial charge in [0.05, 0.1) is 19.4 Å². The predicted molar refractivity (Wildman–Crippen MR) is 74.0 cm³/mol. The Morgan fingerprint density at radius 2 is 2.25 bits per heavy atom. The normalized spacial score (nSPS) is 18.1. The van der Waals surface area contributed by atoms with Gasteiger partial charge in [-0.1, -0.05) is 17.7 Å². The topological polar surface area (TPSA) is 66.8 Å². The van der Waals surface area contributed by atoms with Gasteiger partial charge in [-0.3, -0.25) is 9.59 Å². The first kappa shape index (κ1) is 14.7. The molecule has 1 aromatic rings. The number of nitrogens with zero attached hydrogens (tertiary/aromatic N) is 1. The first-order valence-corrected chi connectivity index (χ1v) is 6.72. The monoisotopic (exact) mass is 297 g/mol. The van der Waals surface area contributed by atoms with Crippen molar-refractivity contribution in [3.8, 4) is 5.75 Å². The Hall–Kier alpha value is -1.75. The van der Waals surface area contributed by atoms with Crippen molar-refractivity contribution in [2.24, 2.45) is 5.92 Å². The lowest BCUT2D eigenvalue weighted by molar-refractivity contribution is -0.141. The van der Waals surface area contributed by atoms with Gasteiger partial charge >= 0.3 is 5.97 Å². The van der Waals surface area contributed by atoms with E-state index in [-0.39, 0.29) is 18.9 Å². The SMILES string of the molecule is COc1ccc(CC(=O)N2CC[C@@H](C(=O)O)C2)c(Cl)c1. The van der Waals surface area contributed by atoms with Crippen LogP contribution < -0.4 is 4.74 Å². The minimum atomic E-state index is -0.845. The smallest absolute Gasteiger partial charge is 0.308 e. The summed E-state index contributed by atoms with van der Waals surface area (Å²) in [5.74, 6) is -0.757. The standard InChI is InChI=1S/C14H16ClNO4/c1-20-11-3-2-9(12(15)7-11)6-13(17)16-5-4-10(8-16)14(18)19/h2-3,7,10H,4-6,8H2,1H3,(H,18,19)/t10-/m1/s1. The molecule has 1 amide bonds. The summed E-state index contributed by atoms with van der Waals surface area (Å²) in [5, 5.41) is 9.41. The molecule has 0 saturated carbocycles. The molecule has 0 radical (unpaired) electrons. The number of methoxy groups -OCH3 is 1. The number of aliphatic carboxylic acids is 1. The van der Waals surface area contributed by atoms with Crippen molar-refractivity contribution < 1.29 is 19.4 Å². The maximum absolute atomic E-state index is 12.1. The minimum absolute atomic E-state index is 0.0965. The Bertz CT molecular complexity index is 532. The molecule has 20 heavy (non-hydrogen) atoms. The summed E-state index contributed by atoms with van der Waals surface area (Å²) in [6.07, 6.45) is 0.687. The second kappa shape index (κ2) is 6.13. The van der Waals surface area contributed by atoms with Crippen LogP contribution in [0.4, 0.5) is 0 Å². The quantitative estimate of drug-likeness (QED) is 0.920. The van der Waals surface area contributed by atoms with Gasteiger partial charge in [0.1, 0.15) is 5.75 Å². The Kier molecular flexibility index (Phi) is 4.49. The number of likely N-dealkylation sites (tertiary alicyclic amines) is 1. The van der Waals surface area contributed by atoms with E-state index in [9.17, 15) is 9.59 Å². The van der Waals surface area contributed by atoms with Crippen molar-refractivity contribution in [2.75, 3.05) is 20.2 Å². The summed E-state index contributed by atoms with van der Waals surface area (Å²) in [4.78, 5) is 24.6. The lowest BCUT2D eigenvalue weighted by atomic mass is 10.1. The lowest BCUT2D eigenvalue weighted by Gasteiger charge is -2.16. The van der Waals surface area contributed by atoms with Crippen LogP contribution in [-0.2, 0) is 16.0 Å². The van der Waals surface area contributed by atoms with E-state index in [0.29, 0.717) is 23.7 Å². The second-order valence-electron chi connectivity index (χ2n) is 4.80. The molecule has 1 aromatic carbocycles. The molecule has 2 rings (SSSR count). The third-order valence-corrected chi connectivity index (χ3v) is 3.84. The number of hydrogen-bond donors (Lipinski definition) is 1. The minimum Gasteiger partial charge on any atom is -0.497 e. The molecule has 0 aliphatic carbocycles. The molecular formula is C14H16ClNO4. The van der Waals surface area contributed by atoms with Crippen molar-refractivity contribution in [2.45, 2.75) is 12.8 Å². The Labute approximate surface area is 122 Å². The molecule has 0 spiro atoms. The lowest BCUT2D eigenvalue weighted by Crippen LogP contribution is -2.31. The first-order valence-electron chi connectivity index (χ1n) is 6.34. The largest absolute Gasteiger partial charge is 0.497 e. The van der Waals surface area contributed by atoms with Crippen LogP contribution in [0.3, 0.4) is 0 Å². The van der Waals surface area contributed by atoms with Crippen molar-refractivity contribution in [1.29, 1.82) is 0 Å². The molecule has 0 aromatic heterocycles. The average Bonchev–Trinajstić information content (AvgIpc) is 2.91. The van der Waals surface area contributed by atoms with Crippen LogP contribution in [0.2, 0.25) is 5.02 Å². The highest BCUT2D eigenvalue weighted by Crippen LogP contribution is 2.24. The van der Waals surface area contributed by atoms with E-state index in [1.807, 2.05) is 0 Å². The summed E-state index contributed by atoms with van der Waals surface area (Å²) in [7, 11) is 1.55. The zero-order chi connectivity index (χ0) is 14.7. The second-order valence-corrected chi connectivity index (χ2v) is 5.20. The number of hydrogen-bond acceptors (Lipinski definition) is 3. The van der Waals surface area contributed by atoms with Crippen LogP contribution in [0.25, 0.3) is 0 Å². The van der Waals surface area contributed by atoms with Crippen LogP contribution in [0.5, 0.6) is 5.75 Å². The number of ether oxygens (including phenoxy) is 1. The van der Waals surface area contributed by atoms with E-state index in [2.05, 4.69) is 0 Å². The van der Waals surface area contributed by atoms with E-state index in [4.69, 9.17) is 21.4 Å². The Morgan fingerprint density at radius 3 is 2.80 bits per heavy atom. The molecule has 1 aliphatic rings. The number of benzene rings is 1. The molecule has 108 valence electrons. The number of carboxylic acids is 1. The van der Waals surface area contributed by atoms with Crippen molar-refractivity contribution >= 4 is 23.5 Å². The molecule has 1 N–H and O–H groups in total. The number of carboxylic acid groups (broad SMARTS) is 1. The number of rotatable bonds is 4. The van der Waals surface area contributed by atoms with Gasteiger partial charge in [-0.2, -0.15) is 0 Å². The molecule has 1 heterocycles. The van der Waals surface area contributed by atoms with Gasteiger partial charge in [0.2, 0.25) is 5.91 Å². The summed E-state index contributed by atoms with van der Waals surface area (Å²) in [6, 6.07) is 5.16.